The van der Waals surface area contributed by atoms with Crippen LogP contribution in [0, 0.1) is 0 Å². The van der Waals surface area contributed by atoms with Crippen LogP contribution in [0.3, 0.4) is 0 Å². The Morgan fingerprint density at radius 1 is 1.40 bits per heavy atom. The smallest absolute Gasteiger partial charge is 0.0607 e. The first-order chi connectivity index (χ1) is 7.30. The summed E-state index contributed by atoms with van der Waals surface area (Å²) in [4.78, 5) is 0. The van der Waals surface area contributed by atoms with Crippen LogP contribution in [0.15, 0.2) is 0 Å². The van der Waals surface area contributed by atoms with Crippen molar-refractivity contribution in [3.8, 4) is 0 Å². The van der Waals surface area contributed by atoms with Crippen molar-refractivity contribution in [2.75, 3.05) is 19.8 Å². The van der Waals surface area contributed by atoms with Gasteiger partial charge in [-0.05, 0) is 19.3 Å². The summed E-state index contributed by atoms with van der Waals surface area (Å²) in [7, 11) is 0. The molecule has 1 aliphatic heterocycles. The molecule has 1 rings (SSSR count). The second-order valence-electron chi connectivity index (χ2n) is 4.23. The van der Waals surface area contributed by atoms with Crippen molar-refractivity contribution in [3.63, 3.8) is 0 Å². The predicted molar refractivity (Wildman–Crippen MR) is 58.8 cm³/mol. The van der Waals surface area contributed by atoms with Gasteiger partial charge < -0.3 is 20.3 Å². The van der Waals surface area contributed by atoms with Gasteiger partial charge in [-0.3, -0.25) is 0 Å². The number of ether oxygens (including phenoxy) is 1. The third-order valence-electron chi connectivity index (χ3n) is 2.89. The molecule has 0 bridgehead atoms. The highest BCUT2D eigenvalue weighted by molar-refractivity contribution is 4.79. The third kappa shape index (κ3) is 4.47. The maximum atomic E-state index is 8.97. The van der Waals surface area contributed by atoms with Crippen molar-refractivity contribution in [1.82, 2.24) is 5.32 Å². The fourth-order valence-electron chi connectivity index (χ4n) is 2.05. The zero-order chi connectivity index (χ0) is 11.1. The Hall–Kier alpha value is -0.160. The molecule has 90 valence electrons. The highest BCUT2D eigenvalue weighted by Crippen LogP contribution is 2.18. The molecule has 3 N–H and O–H groups in total. The van der Waals surface area contributed by atoms with Crippen molar-refractivity contribution in [3.05, 3.63) is 0 Å². The van der Waals surface area contributed by atoms with Gasteiger partial charge >= 0.3 is 0 Å². The van der Waals surface area contributed by atoms with Crippen LogP contribution in [0.2, 0.25) is 0 Å². The zero-order valence-electron chi connectivity index (χ0n) is 9.48. The Morgan fingerprint density at radius 3 is 2.73 bits per heavy atom. The molecule has 1 saturated heterocycles. The average Bonchev–Trinajstić information content (AvgIpc) is 2.27. The highest BCUT2D eigenvalue weighted by atomic mass is 16.5. The minimum absolute atomic E-state index is 0.00764. The summed E-state index contributed by atoms with van der Waals surface area (Å²) in [6, 6.07) is 0.190. The van der Waals surface area contributed by atoms with E-state index in [1.54, 1.807) is 0 Å². The fourth-order valence-corrected chi connectivity index (χ4v) is 2.05. The summed E-state index contributed by atoms with van der Waals surface area (Å²) in [6.07, 6.45) is 4.54. The first kappa shape index (κ1) is 12.9. The van der Waals surface area contributed by atoms with Gasteiger partial charge in [-0.25, -0.2) is 0 Å². The van der Waals surface area contributed by atoms with E-state index in [1.165, 1.54) is 0 Å². The highest BCUT2D eigenvalue weighted by Gasteiger charge is 2.23. The van der Waals surface area contributed by atoms with Gasteiger partial charge in [-0.2, -0.15) is 0 Å². The van der Waals surface area contributed by atoms with Crippen LogP contribution in [-0.4, -0.2) is 48.2 Å². The molecule has 0 aromatic carbocycles. The van der Waals surface area contributed by atoms with Gasteiger partial charge in [-0.1, -0.05) is 13.3 Å². The second kappa shape index (κ2) is 7.17. The Balaban J connectivity index is 2.28. The Morgan fingerprint density at radius 2 is 2.13 bits per heavy atom. The van der Waals surface area contributed by atoms with Crippen LogP contribution in [0.4, 0.5) is 0 Å². The summed E-state index contributed by atoms with van der Waals surface area (Å²) in [5.41, 5.74) is 0. The number of aliphatic hydroxyl groups excluding tert-OH is 2. The number of aliphatic hydroxyl groups is 2. The van der Waals surface area contributed by atoms with Gasteiger partial charge in [-0.15, -0.1) is 0 Å². The molecule has 2 atom stereocenters. The Bertz CT molecular complexity index is 160. The molecule has 0 aliphatic carbocycles. The van der Waals surface area contributed by atoms with Crippen molar-refractivity contribution in [2.45, 2.75) is 50.8 Å². The van der Waals surface area contributed by atoms with Crippen LogP contribution in [-0.2, 0) is 4.74 Å². The minimum atomic E-state index is -0.185. The first-order valence-electron chi connectivity index (χ1n) is 5.89. The molecule has 1 heterocycles. The standard InChI is InChI=1S/C11H23NO3/c1-2-3-11-6-9(4-5-15-11)12-10(7-13)8-14/h9-14H,2-8H2,1H3. The van der Waals surface area contributed by atoms with E-state index in [2.05, 4.69) is 12.2 Å². The van der Waals surface area contributed by atoms with Gasteiger partial charge in [0, 0.05) is 12.6 Å². The Labute approximate surface area is 91.6 Å². The molecule has 1 aliphatic rings. The van der Waals surface area contributed by atoms with Gasteiger partial charge in [0.1, 0.15) is 0 Å². The lowest BCUT2D eigenvalue weighted by Gasteiger charge is -2.32. The van der Waals surface area contributed by atoms with E-state index in [1.807, 2.05) is 0 Å². The van der Waals surface area contributed by atoms with Crippen LogP contribution in [0.1, 0.15) is 32.6 Å². The monoisotopic (exact) mass is 217 g/mol. The predicted octanol–water partition coefficient (Wildman–Crippen LogP) is 0.277. The lowest BCUT2D eigenvalue weighted by molar-refractivity contribution is -0.00798. The van der Waals surface area contributed by atoms with E-state index in [-0.39, 0.29) is 19.3 Å². The summed E-state index contributed by atoms with van der Waals surface area (Å²) >= 11 is 0. The molecule has 0 amide bonds. The number of nitrogens with one attached hydrogen (secondary N) is 1. The lowest BCUT2D eigenvalue weighted by Crippen LogP contribution is -2.47. The maximum Gasteiger partial charge on any atom is 0.0607 e. The van der Waals surface area contributed by atoms with Crippen molar-refractivity contribution < 1.29 is 14.9 Å². The van der Waals surface area contributed by atoms with Crippen LogP contribution in [0.25, 0.3) is 0 Å². The number of hydrogen-bond acceptors (Lipinski definition) is 4. The topological polar surface area (TPSA) is 61.7 Å². The largest absolute Gasteiger partial charge is 0.395 e. The lowest BCUT2D eigenvalue weighted by atomic mass is 9.99. The van der Waals surface area contributed by atoms with E-state index < -0.39 is 0 Å². The van der Waals surface area contributed by atoms with Gasteiger partial charge in [0.05, 0.1) is 25.4 Å². The molecule has 4 nitrogen and oxygen atoms in total. The van der Waals surface area contributed by atoms with E-state index in [0.29, 0.717) is 12.1 Å². The number of hydrogen-bond donors (Lipinski definition) is 3. The summed E-state index contributed by atoms with van der Waals surface area (Å²) < 4.78 is 5.63. The fraction of sp³-hybridized carbons (Fsp3) is 1.00. The number of rotatable bonds is 6. The average molecular weight is 217 g/mol. The molecule has 2 unspecified atom stereocenters. The third-order valence-corrected chi connectivity index (χ3v) is 2.89. The normalized spacial score (nSPS) is 27.2. The minimum Gasteiger partial charge on any atom is -0.395 e. The molecule has 0 aromatic heterocycles. The molecule has 1 fully saturated rings. The molecule has 0 saturated carbocycles. The van der Waals surface area contributed by atoms with E-state index in [0.717, 1.165) is 32.3 Å². The van der Waals surface area contributed by atoms with E-state index >= 15 is 0 Å². The molecule has 0 radical (unpaired) electrons. The molecular weight excluding hydrogens is 194 g/mol. The second-order valence-corrected chi connectivity index (χ2v) is 4.23. The van der Waals surface area contributed by atoms with E-state index in [9.17, 15) is 0 Å². The molecular formula is C11H23NO3. The van der Waals surface area contributed by atoms with Gasteiger partial charge in [0.15, 0.2) is 0 Å². The van der Waals surface area contributed by atoms with Crippen LogP contribution >= 0.6 is 0 Å². The van der Waals surface area contributed by atoms with Crippen molar-refractivity contribution in [2.24, 2.45) is 0 Å². The van der Waals surface area contributed by atoms with Crippen LogP contribution in [0.5, 0.6) is 0 Å². The van der Waals surface area contributed by atoms with E-state index in [4.69, 9.17) is 14.9 Å². The van der Waals surface area contributed by atoms with Crippen molar-refractivity contribution >= 4 is 0 Å². The van der Waals surface area contributed by atoms with Crippen molar-refractivity contribution in [1.29, 1.82) is 0 Å². The summed E-state index contributed by atoms with van der Waals surface area (Å²) in [5.74, 6) is 0. The zero-order valence-corrected chi connectivity index (χ0v) is 9.48. The van der Waals surface area contributed by atoms with Gasteiger partial charge in [0.25, 0.3) is 0 Å². The maximum absolute atomic E-state index is 8.97. The Kier molecular flexibility index (Phi) is 6.17. The molecule has 0 aromatic rings. The summed E-state index contributed by atoms with van der Waals surface area (Å²) in [5, 5.41) is 21.2. The first-order valence-corrected chi connectivity index (χ1v) is 5.89. The molecule has 4 heteroatoms. The van der Waals surface area contributed by atoms with Crippen LogP contribution < -0.4 is 5.32 Å². The molecule has 15 heavy (non-hydrogen) atoms. The quantitative estimate of drug-likeness (QED) is 0.598. The SMILES string of the molecule is CCCC1CC(NC(CO)CO)CCO1. The molecule has 0 spiro atoms. The van der Waals surface area contributed by atoms with Gasteiger partial charge in [0.2, 0.25) is 0 Å². The summed E-state index contributed by atoms with van der Waals surface area (Å²) in [6.45, 7) is 2.93.